The van der Waals surface area contributed by atoms with Gasteiger partial charge in [-0.1, -0.05) is 135 Å². The summed E-state index contributed by atoms with van der Waals surface area (Å²) in [6, 6.07) is -1.88. The highest BCUT2D eigenvalue weighted by Crippen LogP contribution is 2.16. The number of nitrogens with zero attached hydrogens (tertiary/aromatic N) is 2. The number of guanidine groups is 2. The predicted octanol–water partition coefficient (Wildman–Crippen LogP) is 6.31. The Hall–Kier alpha value is -5.06. The number of carbonyl (C=O) groups excluding carboxylic acids is 4. The molecule has 68 heavy (non-hydrogen) atoms. The molecule has 24 heteroatoms. The Labute approximate surface area is 397 Å². The van der Waals surface area contributed by atoms with E-state index >= 15 is 0 Å². The van der Waals surface area contributed by atoms with Gasteiger partial charge in [0.05, 0.1) is 0 Å². The van der Waals surface area contributed by atoms with Crippen molar-refractivity contribution in [3.8, 4) is 0 Å². The van der Waals surface area contributed by atoms with Gasteiger partial charge in [0.1, 0.15) is 12.1 Å². The number of primary amides is 1. The van der Waals surface area contributed by atoms with Gasteiger partial charge < -0.3 is 54.8 Å². The first kappa shape index (κ1) is 67.2. The Balaban J connectivity index is -0.00000259. The molecule has 0 aromatic rings. The minimum absolute atomic E-state index is 0.0115. The number of amides is 4. The Bertz CT molecular complexity index is 1410. The summed E-state index contributed by atoms with van der Waals surface area (Å²) in [6.07, 6.45) is 20.0. The van der Waals surface area contributed by atoms with Gasteiger partial charge >= 0.3 is 24.3 Å². The Morgan fingerprint density at radius 1 is 0.471 bits per heavy atom. The van der Waals surface area contributed by atoms with Gasteiger partial charge in [0.15, 0.2) is 11.9 Å². The highest BCUT2D eigenvalue weighted by atomic mass is 19.4. The smallest absolute Gasteiger partial charge is 0.475 e. The van der Waals surface area contributed by atoms with E-state index < -0.39 is 48.2 Å². The minimum Gasteiger partial charge on any atom is -0.475 e. The van der Waals surface area contributed by atoms with Gasteiger partial charge in [0.2, 0.25) is 23.6 Å². The number of carboxylic acid groups (broad SMARTS) is 2. The monoisotopic (exact) mass is 993 g/mol. The van der Waals surface area contributed by atoms with Crippen molar-refractivity contribution in [2.75, 3.05) is 19.6 Å². The summed E-state index contributed by atoms with van der Waals surface area (Å²) < 4.78 is 63.5. The van der Waals surface area contributed by atoms with Crippen molar-refractivity contribution >= 4 is 47.5 Å². The summed E-state index contributed by atoms with van der Waals surface area (Å²) in [5.41, 5.74) is 26.9. The molecule has 0 heterocycles. The fraction of sp³-hybridized carbons (Fsp3) is 0.818. The van der Waals surface area contributed by atoms with Crippen molar-refractivity contribution in [2.24, 2.45) is 38.7 Å². The second-order valence-corrected chi connectivity index (χ2v) is 16.4. The van der Waals surface area contributed by atoms with Crippen molar-refractivity contribution in [1.82, 2.24) is 16.0 Å². The van der Waals surface area contributed by atoms with Gasteiger partial charge in [-0.15, -0.1) is 0 Å². The average Bonchev–Trinajstić information content (AvgIpc) is 3.24. The van der Waals surface area contributed by atoms with E-state index in [1.165, 1.54) is 116 Å². The average molecular weight is 993 g/mol. The van der Waals surface area contributed by atoms with Crippen molar-refractivity contribution in [1.29, 1.82) is 0 Å². The lowest BCUT2D eigenvalue weighted by Crippen LogP contribution is -2.53. The molecular formula is C44H82F6N10O8. The molecule has 0 aliphatic carbocycles. The summed E-state index contributed by atoms with van der Waals surface area (Å²) >= 11 is 0. The molecule has 0 saturated carbocycles. The first-order chi connectivity index (χ1) is 31.9. The minimum atomic E-state index is -5.08. The molecule has 2 atom stereocenters. The fourth-order valence-electron chi connectivity index (χ4n) is 6.38. The third-order valence-corrected chi connectivity index (χ3v) is 10.1. The van der Waals surface area contributed by atoms with Crippen LogP contribution in [0.2, 0.25) is 0 Å². The van der Waals surface area contributed by atoms with Crippen molar-refractivity contribution in [3.63, 3.8) is 0 Å². The summed E-state index contributed by atoms with van der Waals surface area (Å²) in [5, 5.41) is 22.5. The highest BCUT2D eigenvalue weighted by molar-refractivity contribution is 5.91. The van der Waals surface area contributed by atoms with Crippen LogP contribution in [0, 0.1) is 0 Å². The molecule has 15 N–H and O–H groups in total. The molecule has 18 nitrogen and oxygen atoms in total. The van der Waals surface area contributed by atoms with Gasteiger partial charge in [-0.05, 0) is 38.5 Å². The normalized spacial score (nSPS) is 11.9. The quantitative estimate of drug-likeness (QED) is 0.0141. The van der Waals surface area contributed by atoms with Crippen LogP contribution in [0.1, 0.15) is 187 Å². The summed E-state index contributed by atoms with van der Waals surface area (Å²) in [6.45, 7) is 3.19. The molecule has 0 rings (SSSR count). The van der Waals surface area contributed by atoms with E-state index in [2.05, 4.69) is 32.9 Å². The third-order valence-electron chi connectivity index (χ3n) is 10.1. The molecule has 0 saturated heterocycles. The molecule has 0 unspecified atom stereocenters. The summed E-state index contributed by atoms with van der Waals surface area (Å²) in [7, 11) is 0. The van der Waals surface area contributed by atoms with Gasteiger partial charge in [-0.2, -0.15) is 26.3 Å². The standard InChI is InChI=1S/C40H80N10O4.2C2HF3O2/c1-2-3-4-5-6-7-8-9-10-11-12-13-14-15-16-17-18-19-20-21-22-28-35(51)46-30-25-29-36(52)49-34(27-24-32-48-40(44)45)38(54)50-33(37(41)53)26-23-31-47-39(42)43;2*3-2(4,5)1(6)7/h33-34H,2-32H2,1H3,(H2,41,53)(H,46,51)(H,49,52)(H,50,54)(H4,42,43,47)(H4,44,45,48);2*(H,6,7)/t33-,34-;;/m0../s1. The molecule has 0 fully saturated rings. The Morgan fingerprint density at radius 2 is 0.794 bits per heavy atom. The van der Waals surface area contributed by atoms with E-state index in [1.54, 1.807) is 0 Å². The van der Waals surface area contributed by atoms with Crippen LogP contribution in [-0.4, -0.2) is 102 Å². The number of aliphatic imine (C=N–C) groups is 2. The zero-order chi connectivity index (χ0) is 52.2. The van der Waals surface area contributed by atoms with E-state index in [1.807, 2.05) is 0 Å². The second kappa shape index (κ2) is 43.2. The number of nitrogens with two attached hydrogens (primary N) is 5. The van der Waals surface area contributed by atoms with E-state index in [9.17, 15) is 45.5 Å². The highest BCUT2D eigenvalue weighted by Gasteiger charge is 2.39. The molecule has 0 aliphatic heterocycles. The first-order valence-electron chi connectivity index (χ1n) is 23.8. The van der Waals surface area contributed by atoms with Crippen LogP contribution < -0.4 is 44.6 Å². The zero-order valence-electron chi connectivity index (χ0n) is 40.0. The Kier molecular flexibility index (Phi) is 42.7. The van der Waals surface area contributed by atoms with Crippen LogP contribution >= 0.6 is 0 Å². The zero-order valence-corrected chi connectivity index (χ0v) is 40.0. The first-order valence-corrected chi connectivity index (χ1v) is 23.8. The number of hydrogen-bond acceptors (Lipinski definition) is 8. The number of aliphatic carboxylic acids is 2. The number of rotatable bonds is 38. The lowest BCUT2D eigenvalue weighted by molar-refractivity contribution is -0.193. The van der Waals surface area contributed by atoms with E-state index in [4.69, 9.17) is 48.5 Å². The molecule has 0 bridgehead atoms. The van der Waals surface area contributed by atoms with Crippen LogP contribution in [0.5, 0.6) is 0 Å². The molecule has 4 amide bonds. The maximum Gasteiger partial charge on any atom is 0.490 e. The van der Waals surface area contributed by atoms with Crippen LogP contribution in [0.4, 0.5) is 26.3 Å². The molecule has 0 aliphatic rings. The third kappa shape index (κ3) is 48.9. The SMILES string of the molecule is CCCCCCCCCCCCCCCCCCCCCCCC(=O)NCCCC(=O)N[C@@H](CCCN=C(N)N)C(=O)N[C@@H](CCCN=C(N)N)C(N)=O.O=C(O)C(F)(F)F.O=C(O)C(F)(F)F. The Morgan fingerprint density at radius 3 is 1.12 bits per heavy atom. The lowest BCUT2D eigenvalue weighted by Gasteiger charge is -2.22. The number of halogens is 6. The van der Waals surface area contributed by atoms with E-state index in [0.29, 0.717) is 32.2 Å². The van der Waals surface area contributed by atoms with E-state index in [0.717, 1.165) is 19.3 Å². The fourth-order valence-corrected chi connectivity index (χ4v) is 6.38. The number of alkyl halides is 6. The number of unbranched alkanes of at least 4 members (excludes halogenated alkanes) is 20. The van der Waals surface area contributed by atoms with Crippen molar-refractivity contribution < 1.29 is 65.3 Å². The van der Waals surface area contributed by atoms with Crippen molar-refractivity contribution in [3.05, 3.63) is 0 Å². The maximum atomic E-state index is 13.1. The van der Waals surface area contributed by atoms with Crippen LogP contribution in [0.25, 0.3) is 0 Å². The number of carbonyl (C=O) groups is 6. The molecular weight excluding hydrogens is 911 g/mol. The van der Waals surface area contributed by atoms with Gasteiger partial charge in [0.25, 0.3) is 0 Å². The lowest BCUT2D eigenvalue weighted by atomic mass is 10.0. The van der Waals surface area contributed by atoms with Crippen molar-refractivity contribution in [2.45, 2.75) is 211 Å². The van der Waals surface area contributed by atoms with Gasteiger partial charge in [-0.3, -0.25) is 29.2 Å². The molecule has 0 spiro atoms. The number of carboxylic acids is 2. The molecule has 0 aromatic carbocycles. The summed E-state index contributed by atoms with van der Waals surface area (Å²) in [4.78, 5) is 75.6. The van der Waals surface area contributed by atoms with Crippen LogP contribution in [-0.2, 0) is 28.8 Å². The van der Waals surface area contributed by atoms with Crippen LogP contribution in [0.3, 0.4) is 0 Å². The van der Waals surface area contributed by atoms with Gasteiger partial charge in [-0.25, -0.2) is 9.59 Å². The topological polar surface area (TPSA) is 334 Å². The number of hydrogen-bond donors (Lipinski definition) is 10. The maximum absolute atomic E-state index is 13.1. The largest absolute Gasteiger partial charge is 0.490 e. The molecule has 398 valence electrons. The molecule has 0 radical (unpaired) electrons. The molecule has 0 aromatic heterocycles. The van der Waals surface area contributed by atoms with E-state index in [-0.39, 0.29) is 56.1 Å². The summed E-state index contributed by atoms with van der Waals surface area (Å²) in [5.74, 6) is -7.27. The van der Waals surface area contributed by atoms with Gasteiger partial charge in [0, 0.05) is 32.5 Å². The predicted molar refractivity (Wildman–Crippen MR) is 250 cm³/mol. The number of nitrogens with one attached hydrogen (secondary N) is 3. The van der Waals surface area contributed by atoms with Crippen LogP contribution in [0.15, 0.2) is 9.98 Å². The second-order valence-electron chi connectivity index (χ2n) is 16.4.